The van der Waals surface area contributed by atoms with E-state index in [1.165, 1.54) is 6.42 Å². The molecule has 1 aliphatic heterocycles. The van der Waals surface area contributed by atoms with Crippen molar-refractivity contribution in [2.75, 3.05) is 26.2 Å². The van der Waals surface area contributed by atoms with Gasteiger partial charge < -0.3 is 9.84 Å². The molecule has 0 unspecified atom stereocenters. The van der Waals surface area contributed by atoms with Crippen LogP contribution in [0.5, 0.6) is 5.88 Å². The molecule has 5 nitrogen and oxygen atoms in total. The minimum atomic E-state index is 0. The van der Waals surface area contributed by atoms with E-state index in [2.05, 4.69) is 28.7 Å². The van der Waals surface area contributed by atoms with Crippen molar-refractivity contribution in [2.24, 2.45) is 0 Å². The van der Waals surface area contributed by atoms with Crippen molar-refractivity contribution in [3.8, 4) is 5.88 Å². The zero-order chi connectivity index (χ0) is 14.1. The van der Waals surface area contributed by atoms with Crippen molar-refractivity contribution in [3.05, 3.63) is 18.1 Å². The van der Waals surface area contributed by atoms with Gasteiger partial charge in [-0.15, -0.1) is 0 Å². The molecule has 20 heavy (non-hydrogen) atoms. The maximum Gasteiger partial charge on any atom is 0.232 e. The van der Waals surface area contributed by atoms with Crippen molar-refractivity contribution < 1.29 is 9.84 Å². The van der Waals surface area contributed by atoms with Crippen molar-refractivity contribution in [1.29, 1.82) is 0 Å². The Balaban J connectivity index is 0.000000830. The largest absolute Gasteiger partial charge is 0.472 e. The van der Waals surface area contributed by atoms with Crippen LogP contribution in [0.3, 0.4) is 0 Å². The van der Waals surface area contributed by atoms with Gasteiger partial charge in [-0.3, -0.25) is 9.88 Å². The summed E-state index contributed by atoms with van der Waals surface area (Å²) in [5.74, 6) is 0.585. The second-order valence-electron chi connectivity index (χ2n) is 4.76. The van der Waals surface area contributed by atoms with E-state index in [1.807, 2.05) is 6.92 Å². The van der Waals surface area contributed by atoms with Crippen LogP contribution in [-0.2, 0) is 0 Å². The van der Waals surface area contributed by atoms with E-state index in [0.29, 0.717) is 5.88 Å². The first kappa shape index (κ1) is 18.8. The quantitative estimate of drug-likeness (QED) is 0.918. The molecular weight excluding hydrogens is 254 g/mol. The highest BCUT2D eigenvalue weighted by Crippen LogP contribution is 2.15. The number of aromatic nitrogens is 2. The molecule has 1 N–H and O–H groups in total. The second-order valence-corrected chi connectivity index (χ2v) is 4.76. The molecule has 0 aromatic carbocycles. The SMILES string of the molecule is C.CCC.Cc1cnc(O[C@@H]2CCN(CCO)C2)cn1. The summed E-state index contributed by atoms with van der Waals surface area (Å²) in [7, 11) is 0. The van der Waals surface area contributed by atoms with E-state index in [1.54, 1.807) is 12.4 Å². The molecule has 2 heterocycles. The summed E-state index contributed by atoms with van der Waals surface area (Å²) >= 11 is 0. The molecule has 0 spiro atoms. The molecule has 2 rings (SSSR count). The zero-order valence-electron chi connectivity index (χ0n) is 12.2. The highest BCUT2D eigenvalue weighted by molar-refractivity contribution is 5.06. The van der Waals surface area contributed by atoms with Gasteiger partial charge in [-0.2, -0.15) is 0 Å². The Labute approximate surface area is 123 Å². The van der Waals surface area contributed by atoms with Gasteiger partial charge >= 0.3 is 0 Å². The van der Waals surface area contributed by atoms with Gasteiger partial charge in [-0.25, -0.2) is 4.98 Å². The number of nitrogens with zero attached hydrogens (tertiary/aromatic N) is 3. The van der Waals surface area contributed by atoms with Gasteiger partial charge in [0.1, 0.15) is 6.10 Å². The van der Waals surface area contributed by atoms with Crippen LogP contribution in [0, 0.1) is 6.92 Å². The highest BCUT2D eigenvalue weighted by Gasteiger charge is 2.23. The van der Waals surface area contributed by atoms with Crippen molar-refractivity contribution in [2.45, 2.75) is 47.1 Å². The molecule has 116 valence electrons. The molecular formula is C15H29N3O2. The third-order valence-electron chi connectivity index (χ3n) is 2.69. The number of hydrogen-bond donors (Lipinski definition) is 1. The van der Waals surface area contributed by atoms with E-state index < -0.39 is 0 Å². The molecule has 1 aromatic rings. The molecule has 0 amide bonds. The van der Waals surface area contributed by atoms with Crippen molar-refractivity contribution in [1.82, 2.24) is 14.9 Å². The summed E-state index contributed by atoms with van der Waals surface area (Å²) in [6.07, 6.45) is 5.76. The maximum atomic E-state index is 8.83. The normalized spacial score (nSPS) is 17.9. The van der Waals surface area contributed by atoms with Crippen LogP contribution in [-0.4, -0.2) is 52.3 Å². The van der Waals surface area contributed by atoms with Crippen molar-refractivity contribution >= 4 is 0 Å². The monoisotopic (exact) mass is 283 g/mol. The number of likely N-dealkylation sites (tertiary alicyclic amines) is 1. The Morgan fingerprint density at radius 3 is 2.60 bits per heavy atom. The van der Waals surface area contributed by atoms with Gasteiger partial charge in [0.05, 0.1) is 24.7 Å². The van der Waals surface area contributed by atoms with Gasteiger partial charge in [0.25, 0.3) is 0 Å². The molecule has 5 heteroatoms. The van der Waals surface area contributed by atoms with Crippen LogP contribution < -0.4 is 4.74 Å². The minimum absolute atomic E-state index is 0. The number of aliphatic hydroxyl groups is 1. The van der Waals surface area contributed by atoms with Crippen LogP contribution in [0.15, 0.2) is 12.4 Å². The average molecular weight is 283 g/mol. The fourth-order valence-corrected chi connectivity index (χ4v) is 1.85. The van der Waals surface area contributed by atoms with Gasteiger partial charge in [0, 0.05) is 19.6 Å². The summed E-state index contributed by atoms with van der Waals surface area (Å²) < 4.78 is 5.71. The summed E-state index contributed by atoms with van der Waals surface area (Å²) in [4.78, 5) is 10.5. The van der Waals surface area contributed by atoms with Gasteiger partial charge in [0.2, 0.25) is 5.88 Å². The molecule has 1 aromatic heterocycles. The van der Waals surface area contributed by atoms with Crippen LogP contribution >= 0.6 is 0 Å². The Morgan fingerprint density at radius 2 is 2.05 bits per heavy atom. The van der Waals surface area contributed by atoms with Crippen LogP contribution in [0.4, 0.5) is 0 Å². The molecule has 0 radical (unpaired) electrons. The van der Waals surface area contributed by atoms with Crippen LogP contribution in [0.1, 0.15) is 39.8 Å². The van der Waals surface area contributed by atoms with E-state index >= 15 is 0 Å². The first-order chi connectivity index (χ1) is 9.19. The average Bonchev–Trinajstić information content (AvgIpc) is 2.81. The van der Waals surface area contributed by atoms with E-state index in [4.69, 9.17) is 9.84 Å². The number of aryl methyl sites for hydroxylation is 1. The Kier molecular flexibility index (Phi) is 9.94. The molecule has 0 saturated carbocycles. The first-order valence-electron chi connectivity index (χ1n) is 6.98. The van der Waals surface area contributed by atoms with Gasteiger partial charge in [-0.1, -0.05) is 27.7 Å². The summed E-state index contributed by atoms with van der Waals surface area (Å²) in [6.45, 7) is 8.91. The minimum Gasteiger partial charge on any atom is -0.472 e. The smallest absolute Gasteiger partial charge is 0.232 e. The fourth-order valence-electron chi connectivity index (χ4n) is 1.85. The standard InChI is InChI=1S/C11H17N3O2.C3H8.CH4/c1-9-6-13-11(7-12-9)16-10-2-3-14(8-10)4-5-15;1-3-2;/h6-7,10,15H,2-5,8H2,1H3;3H2,1-2H3;1H4/t10-;;/m1../s1. The Hall–Kier alpha value is -1.20. The van der Waals surface area contributed by atoms with E-state index in [-0.39, 0.29) is 20.1 Å². The Bertz CT molecular complexity index is 343. The number of hydrogen-bond acceptors (Lipinski definition) is 5. The lowest BCUT2D eigenvalue weighted by atomic mass is 10.3. The molecule has 1 aliphatic rings. The maximum absolute atomic E-state index is 8.83. The molecule has 1 fully saturated rings. The second kappa shape index (κ2) is 10.6. The lowest BCUT2D eigenvalue weighted by Gasteiger charge is -2.14. The van der Waals surface area contributed by atoms with Crippen LogP contribution in [0.2, 0.25) is 0 Å². The van der Waals surface area contributed by atoms with Crippen molar-refractivity contribution in [3.63, 3.8) is 0 Å². The van der Waals surface area contributed by atoms with Gasteiger partial charge in [-0.05, 0) is 13.3 Å². The molecule has 0 aliphatic carbocycles. The van der Waals surface area contributed by atoms with Crippen LogP contribution in [0.25, 0.3) is 0 Å². The summed E-state index contributed by atoms with van der Waals surface area (Å²) in [6, 6.07) is 0. The predicted octanol–water partition coefficient (Wildman–Crippen LogP) is 2.28. The predicted molar refractivity (Wildman–Crippen MR) is 82.0 cm³/mol. The van der Waals surface area contributed by atoms with E-state index in [0.717, 1.165) is 31.7 Å². The molecule has 1 atom stereocenters. The zero-order valence-corrected chi connectivity index (χ0v) is 12.2. The lowest BCUT2D eigenvalue weighted by Crippen LogP contribution is -2.27. The number of ether oxygens (including phenoxy) is 1. The topological polar surface area (TPSA) is 58.5 Å². The highest BCUT2D eigenvalue weighted by atomic mass is 16.5. The van der Waals surface area contributed by atoms with Gasteiger partial charge in [0.15, 0.2) is 0 Å². The lowest BCUT2D eigenvalue weighted by molar-refractivity contribution is 0.176. The number of rotatable bonds is 4. The fraction of sp³-hybridized carbons (Fsp3) is 0.733. The number of β-amino-alcohol motifs (C(OH)–C–C–N with tert-alkyl or cyclic N) is 1. The summed E-state index contributed by atoms with van der Waals surface area (Å²) in [5, 5.41) is 8.83. The third kappa shape index (κ3) is 6.82. The molecule has 0 bridgehead atoms. The Morgan fingerprint density at radius 1 is 1.35 bits per heavy atom. The summed E-state index contributed by atoms with van der Waals surface area (Å²) in [5.41, 5.74) is 0.890. The first-order valence-corrected chi connectivity index (χ1v) is 6.98. The van der Waals surface area contributed by atoms with E-state index in [9.17, 15) is 0 Å². The number of aliphatic hydroxyl groups excluding tert-OH is 1. The molecule has 1 saturated heterocycles. The third-order valence-corrected chi connectivity index (χ3v) is 2.69.